The lowest BCUT2D eigenvalue weighted by molar-refractivity contribution is -0.120. The topological polar surface area (TPSA) is 29.1 Å². The van der Waals surface area contributed by atoms with Crippen LogP contribution in [0.5, 0.6) is 0 Å². The molecule has 0 aliphatic rings. The van der Waals surface area contributed by atoms with Crippen molar-refractivity contribution in [3.8, 4) is 0 Å². The Morgan fingerprint density at radius 3 is 2.70 bits per heavy atom. The Labute approximate surface area is 62.3 Å². The van der Waals surface area contributed by atoms with Crippen LogP contribution in [-0.4, -0.2) is 5.91 Å². The average molecular weight is 141 g/mol. The maximum Gasteiger partial charge on any atom is 0.223 e. The zero-order valence-corrected chi connectivity index (χ0v) is 6.68. The van der Waals surface area contributed by atoms with Gasteiger partial charge in [0.1, 0.15) is 0 Å². The molecule has 0 radical (unpaired) electrons. The van der Waals surface area contributed by atoms with E-state index in [0.29, 0.717) is 12.3 Å². The van der Waals surface area contributed by atoms with Crippen LogP contribution in [0.3, 0.4) is 0 Å². The molecule has 1 N–H and O–H groups in total. The summed E-state index contributed by atoms with van der Waals surface area (Å²) in [4.78, 5) is 10.8. The maximum atomic E-state index is 10.8. The van der Waals surface area contributed by atoms with Gasteiger partial charge in [0.15, 0.2) is 0 Å². The van der Waals surface area contributed by atoms with Crippen LogP contribution >= 0.6 is 0 Å². The van der Waals surface area contributed by atoms with Crippen LogP contribution in [0.4, 0.5) is 0 Å². The molecule has 0 spiro atoms. The highest BCUT2D eigenvalue weighted by Gasteiger charge is 1.99. The predicted molar refractivity (Wildman–Crippen MR) is 42.4 cm³/mol. The van der Waals surface area contributed by atoms with E-state index in [1.165, 1.54) is 6.20 Å². The summed E-state index contributed by atoms with van der Waals surface area (Å²) < 4.78 is 0. The quantitative estimate of drug-likeness (QED) is 0.634. The number of nitrogens with one attached hydrogen (secondary N) is 1. The third-order valence-corrected chi connectivity index (χ3v) is 1.21. The van der Waals surface area contributed by atoms with E-state index in [-0.39, 0.29) is 5.91 Å². The molecular formula is C8H15NO. The molecule has 0 unspecified atom stereocenters. The minimum Gasteiger partial charge on any atom is -0.333 e. The van der Waals surface area contributed by atoms with Crippen LogP contribution in [0.1, 0.15) is 26.7 Å². The predicted octanol–water partition coefficient (Wildman–Crippen LogP) is 1.68. The molecule has 58 valence electrons. The highest BCUT2D eigenvalue weighted by atomic mass is 16.1. The molecular weight excluding hydrogens is 126 g/mol. The van der Waals surface area contributed by atoms with Gasteiger partial charge in [0.25, 0.3) is 0 Å². The van der Waals surface area contributed by atoms with Gasteiger partial charge in [-0.3, -0.25) is 4.79 Å². The fourth-order valence-electron chi connectivity index (χ4n) is 0.606. The van der Waals surface area contributed by atoms with Crippen LogP contribution in [0.2, 0.25) is 0 Å². The van der Waals surface area contributed by atoms with Crippen molar-refractivity contribution in [3.63, 3.8) is 0 Å². The van der Waals surface area contributed by atoms with Gasteiger partial charge in [0.2, 0.25) is 5.91 Å². The highest BCUT2D eigenvalue weighted by Crippen LogP contribution is 2.02. The van der Waals surface area contributed by atoms with Gasteiger partial charge in [-0.15, -0.1) is 0 Å². The minimum atomic E-state index is 0.0590. The number of hydrogen-bond acceptors (Lipinski definition) is 1. The molecule has 2 nitrogen and oxygen atoms in total. The third kappa shape index (κ3) is 5.35. The second kappa shape index (κ2) is 5.03. The zero-order chi connectivity index (χ0) is 7.98. The molecule has 0 aromatic heterocycles. The molecule has 0 aliphatic carbocycles. The van der Waals surface area contributed by atoms with Gasteiger partial charge in [-0.25, -0.2) is 0 Å². The third-order valence-electron chi connectivity index (χ3n) is 1.21. The fraction of sp³-hybridized carbons (Fsp3) is 0.625. The molecule has 0 rings (SSSR count). The number of rotatable bonds is 4. The Balaban J connectivity index is 3.30. The van der Waals surface area contributed by atoms with E-state index in [2.05, 4.69) is 25.7 Å². The number of carbonyl (C=O) groups excluding carboxylic acids is 1. The molecule has 0 saturated carbocycles. The van der Waals surface area contributed by atoms with Crippen LogP contribution in [0.25, 0.3) is 0 Å². The first-order valence-electron chi connectivity index (χ1n) is 3.57. The van der Waals surface area contributed by atoms with Crippen LogP contribution in [0.15, 0.2) is 12.8 Å². The second-order valence-corrected chi connectivity index (χ2v) is 2.70. The fourth-order valence-corrected chi connectivity index (χ4v) is 0.606. The molecule has 0 fully saturated rings. The average Bonchev–Trinajstić information content (AvgIpc) is 1.85. The van der Waals surface area contributed by atoms with Gasteiger partial charge in [-0.05, 0) is 18.5 Å². The van der Waals surface area contributed by atoms with E-state index in [1.54, 1.807) is 0 Å². The molecule has 10 heavy (non-hydrogen) atoms. The van der Waals surface area contributed by atoms with E-state index in [9.17, 15) is 4.79 Å². The van der Waals surface area contributed by atoms with Gasteiger partial charge in [-0.1, -0.05) is 20.4 Å². The van der Waals surface area contributed by atoms with E-state index >= 15 is 0 Å². The smallest absolute Gasteiger partial charge is 0.223 e. The molecule has 2 heteroatoms. The molecule has 0 aliphatic heterocycles. The van der Waals surface area contributed by atoms with Crippen LogP contribution in [0, 0.1) is 5.92 Å². The summed E-state index contributed by atoms with van der Waals surface area (Å²) in [5, 5.41) is 2.53. The summed E-state index contributed by atoms with van der Waals surface area (Å²) in [6.07, 6.45) is 2.96. The van der Waals surface area contributed by atoms with Gasteiger partial charge < -0.3 is 5.32 Å². The van der Waals surface area contributed by atoms with Gasteiger partial charge in [0, 0.05) is 6.42 Å². The van der Waals surface area contributed by atoms with Gasteiger partial charge in [0.05, 0.1) is 0 Å². The van der Waals surface area contributed by atoms with E-state index in [1.807, 2.05) is 0 Å². The van der Waals surface area contributed by atoms with Crippen LogP contribution in [-0.2, 0) is 4.79 Å². The highest BCUT2D eigenvalue weighted by molar-refractivity contribution is 5.76. The van der Waals surface area contributed by atoms with Crippen molar-refractivity contribution in [2.75, 3.05) is 0 Å². The lowest BCUT2D eigenvalue weighted by Crippen LogP contribution is -2.16. The minimum absolute atomic E-state index is 0.0590. The summed E-state index contributed by atoms with van der Waals surface area (Å²) in [5.41, 5.74) is 0. The second-order valence-electron chi connectivity index (χ2n) is 2.70. The molecule has 1 amide bonds. The van der Waals surface area contributed by atoms with E-state index in [4.69, 9.17) is 0 Å². The standard InChI is InChI=1S/C8H15NO/c1-4-9-8(10)6-5-7(2)3/h4,7H,1,5-6H2,2-3H3,(H,9,10). The maximum absolute atomic E-state index is 10.8. The van der Waals surface area contributed by atoms with Crippen molar-refractivity contribution in [3.05, 3.63) is 12.8 Å². The number of hydrogen-bond donors (Lipinski definition) is 1. The first-order valence-corrected chi connectivity index (χ1v) is 3.57. The van der Waals surface area contributed by atoms with Gasteiger partial charge in [-0.2, -0.15) is 0 Å². The van der Waals surface area contributed by atoms with Crippen molar-refractivity contribution in [2.45, 2.75) is 26.7 Å². The summed E-state index contributed by atoms with van der Waals surface area (Å²) in [7, 11) is 0. The van der Waals surface area contributed by atoms with E-state index in [0.717, 1.165) is 6.42 Å². The SMILES string of the molecule is C=CNC(=O)CCC(C)C. The number of carbonyl (C=O) groups is 1. The van der Waals surface area contributed by atoms with Gasteiger partial charge >= 0.3 is 0 Å². The zero-order valence-electron chi connectivity index (χ0n) is 6.68. The Bertz CT molecular complexity index is 118. The summed E-state index contributed by atoms with van der Waals surface area (Å²) in [6.45, 7) is 7.59. The van der Waals surface area contributed by atoms with E-state index < -0.39 is 0 Å². The summed E-state index contributed by atoms with van der Waals surface area (Å²) in [6, 6.07) is 0. The molecule has 0 aromatic rings. The first-order chi connectivity index (χ1) is 4.66. The van der Waals surface area contributed by atoms with Crippen molar-refractivity contribution in [2.24, 2.45) is 5.92 Å². The Morgan fingerprint density at radius 2 is 2.30 bits per heavy atom. The molecule has 0 atom stereocenters. The van der Waals surface area contributed by atoms with Crippen LogP contribution < -0.4 is 5.32 Å². The monoisotopic (exact) mass is 141 g/mol. The van der Waals surface area contributed by atoms with Crippen molar-refractivity contribution < 1.29 is 4.79 Å². The Hall–Kier alpha value is -0.790. The molecule has 0 aromatic carbocycles. The van der Waals surface area contributed by atoms with Crippen molar-refractivity contribution >= 4 is 5.91 Å². The molecule has 0 bridgehead atoms. The lowest BCUT2D eigenvalue weighted by atomic mass is 10.1. The molecule has 0 saturated heterocycles. The molecule has 0 heterocycles. The normalized spacial score (nSPS) is 9.50. The lowest BCUT2D eigenvalue weighted by Gasteiger charge is -2.01. The summed E-state index contributed by atoms with van der Waals surface area (Å²) >= 11 is 0. The van der Waals surface area contributed by atoms with Crippen molar-refractivity contribution in [1.82, 2.24) is 5.32 Å². The Morgan fingerprint density at radius 1 is 1.70 bits per heavy atom. The summed E-state index contributed by atoms with van der Waals surface area (Å²) in [5.74, 6) is 0.652. The Kier molecular flexibility index (Phi) is 4.63. The number of amides is 1. The first kappa shape index (κ1) is 9.21. The van der Waals surface area contributed by atoms with Crippen molar-refractivity contribution in [1.29, 1.82) is 0 Å². The largest absolute Gasteiger partial charge is 0.333 e.